The highest BCUT2D eigenvalue weighted by atomic mass is 16.8. The zero-order chi connectivity index (χ0) is 36.4. The molecule has 20 atom stereocenters. The molecule has 18 N–H and O–H groups in total. The van der Waals surface area contributed by atoms with Crippen LogP contribution in [0.5, 0.6) is 0 Å². The Balaban J connectivity index is 1.41. The van der Waals surface area contributed by atoms with Gasteiger partial charge >= 0.3 is 0 Å². The largest absolute Gasteiger partial charge is 0.394 e. The highest BCUT2D eigenvalue weighted by Crippen LogP contribution is 2.36. The Morgan fingerprint density at radius 2 is 1.18 bits per heavy atom. The average molecular weight is 722 g/mol. The standard InChI is InChI=1S/C30H51N5O15/c31-11-6-12(32)23(47-28-16(33)20(41)19(40)14(7-36)45-28)25(18(11)39)49-30-26(44-9-13(38)10-4-2-1-3-5-10)24(15(8-37)46-30)48-29-17(34)21(42)22(43)27(35)50-29/h1-5,11-30,36-43H,6-9,31-35H2. The Morgan fingerprint density at radius 1 is 0.620 bits per heavy atom. The summed E-state index contributed by atoms with van der Waals surface area (Å²) in [5.74, 6) is 0. The third kappa shape index (κ3) is 8.30. The molecular formula is C30H51N5O15. The van der Waals surface area contributed by atoms with Gasteiger partial charge in [-0.15, -0.1) is 0 Å². The van der Waals surface area contributed by atoms with Crippen molar-refractivity contribution in [2.24, 2.45) is 28.7 Å². The van der Waals surface area contributed by atoms with Gasteiger partial charge in [0, 0.05) is 12.1 Å². The van der Waals surface area contributed by atoms with Crippen LogP contribution in [0.1, 0.15) is 18.1 Å². The second-order valence-corrected chi connectivity index (χ2v) is 13.1. The number of hydrogen-bond acceptors (Lipinski definition) is 20. The van der Waals surface area contributed by atoms with Crippen molar-refractivity contribution >= 4 is 0 Å². The summed E-state index contributed by atoms with van der Waals surface area (Å²) in [7, 11) is 0. The summed E-state index contributed by atoms with van der Waals surface area (Å²) in [6.45, 7) is -1.67. The van der Waals surface area contributed by atoms with E-state index in [2.05, 4.69) is 0 Å². The van der Waals surface area contributed by atoms with Crippen molar-refractivity contribution in [2.45, 2.75) is 129 Å². The molecule has 3 saturated heterocycles. The van der Waals surface area contributed by atoms with Gasteiger partial charge in [0.25, 0.3) is 0 Å². The number of ether oxygens (including phenoxy) is 7. The molecule has 0 radical (unpaired) electrons. The van der Waals surface area contributed by atoms with Crippen LogP contribution in [-0.4, -0.2) is 177 Å². The van der Waals surface area contributed by atoms with Crippen LogP contribution in [0.3, 0.4) is 0 Å². The van der Waals surface area contributed by atoms with E-state index in [1.165, 1.54) is 0 Å². The van der Waals surface area contributed by atoms with Crippen LogP contribution in [0.4, 0.5) is 0 Å². The first-order valence-electron chi connectivity index (χ1n) is 16.4. The summed E-state index contributed by atoms with van der Waals surface area (Å²) in [4.78, 5) is 0. The summed E-state index contributed by atoms with van der Waals surface area (Å²) in [6.07, 6.45) is -22.0. The SMILES string of the molecule is NC1CC(N)C(OC2OC(CO)C(O)C(O)C2N)C(OC2OC(CO)C(OC3OC(N)C(O)C(O)C3N)C2OCC(O)c2ccccc2)C1O. The van der Waals surface area contributed by atoms with Crippen molar-refractivity contribution in [3.05, 3.63) is 35.9 Å². The predicted molar refractivity (Wildman–Crippen MR) is 167 cm³/mol. The number of nitrogens with two attached hydrogens (primary N) is 5. The molecule has 1 aromatic carbocycles. The Hall–Kier alpha value is -1.58. The van der Waals surface area contributed by atoms with Gasteiger partial charge < -0.3 is 103 Å². The summed E-state index contributed by atoms with van der Waals surface area (Å²) in [5, 5.41) is 83.5. The first-order chi connectivity index (χ1) is 23.8. The van der Waals surface area contributed by atoms with Crippen molar-refractivity contribution in [1.82, 2.24) is 0 Å². The van der Waals surface area contributed by atoms with Crippen molar-refractivity contribution in [1.29, 1.82) is 0 Å². The molecule has 1 aliphatic carbocycles. The topological polar surface area (TPSA) is 357 Å². The van der Waals surface area contributed by atoms with Crippen molar-refractivity contribution < 1.29 is 74.0 Å². The molecule has 5 rings (SSSR count). The van der Waals surface area contributed by atoms with Crippen LogP contribution in [0.15, 0.2) is 30.3 Å². The highest BCUT2D eigenvalue weighted by Gasteiger charge is 2.55. The van der Waals surface area contributed by atoms with E-state index in [0.717, 1.165) is 0 Å². The molecule has 0 aromatic heterocycles. The molecule has 286 valence electrons. The van der Waals surface area contributed by atoms with Crippen LogP contribution in [0, 0.1) is 0 Å². The third-order valence-corrected chi connectivity index (χ3v) is 9.63. The minimum Gasteiger partial charge on any atom is -0.394 e. The van der Waals surface area contributed by atoms with Gasteiger partial charge in [-0.1, -0.05) is 30.3 Å². The van der Waals surface area contributed by atoms with E-state index >= 15 is 0 Å². The molecule has 0 amide bonds. The highest BCUT2D eigenvalue weighted by molar-refractivity contribution is 5.17. The first-order valence-corrected chi connectivity index (χ1v) is 16.4. The van der Waals surface area contributed by atoms with Crippen LogP contribution in [-0.2, 0) is 33.2 Å². The van der Waals surface area contributed by atoms with E-state index in [-0.39, 0.29) is 13.0 Å². The second kappa shape index (κ2) is 17.0. The van der Waals surface area contributed by atoms with Crippen molar-refractivity contribution in [3.63, 3.8) is 0 Å². The van der Waals surface area contributed by atoms with Gasteiger partial charge in [0.05, 0.1) is 38.0 Å². The van der Waals surface area contributed by atoms with Gasteiger partial charge in [-0.05, 0) is 12.0 Å². The maximum Gasteiger partial charge on any atom is 0.187 e. The molecule has 20 unspecified atom stereocenters. The molecule has 1 saturated carbocycles. The number of aliphatic hydroxyl groups excluding tert-OH is 8. The van der Waals surface area contributed by atoms with E-state index in [9.17, 15) is 40.9 Å². The van der Waals surface area contributed by atoms with E-state index in [4.69, 9.17) is 61.8 Å². The fourth-order valence-electron chi connectivity index (χ4n) is 6.59. The number of hydrogen-bond donors (Lipinski definition) is 13. The maximum atomic E-state index is 11.3. The molecule has 4 aliphatic rings. The van der Waals surface area contributed by atoms with Crippen LogP contribution < -0.4 is 28.7 Å². The minimum atomic E-state index is -1.55. The van der Waals surface area contributed by atoms with E-state index < -0.39 is 136 Å². The summed E-state index contributed by atoms with van der Waals surface area (Å²) < 4.78 is 41.7. The zero-order valence-corrected chi connectivity index (χ0v) is 27.1. The van der Waals surface area contributed by atoms with Gasteiger partial charge in [-0.2, -0.15) is 0 Å². The van der Waals surface area contributed by atoms with Gasteiger partial charge in [0.1, 0.15) is 73.4 Å². The fourth-order valence-corrected chi connectivity index (χ4v) is 6.59. The molecule has 50 heavy (non-hydrogen) atoms. The molecule has 20 heteroatoms. The summed E-state index contributed by atoms with van der Waals surface area (Å²) >= 11 is 0. The molecule has 1 aromatic rings. The number of rotatable bonds is 12. The normalized spacial score (nSPS) is 47.7. The van der Waals surface area contributed by atoms with Gasteiger partial charge in [-0.25, -0.2) is 0 Å². The molecule has 4 fully saturated rings. The monoisotopic (exact) mass is 721 g/mol. The maximum absolute atomic E-state index is 11.3. The van der Waals surface area contributed by atoms with Gasteiger partial charge in [0.2, 0.25) is 0 Å². The lowest BCUT2D eigenvalue weighted by molar-refractivity contribution is -0.312. The van der Waals surface area contributed by atoms with Crippen LogP contribution >= 0.6 is 0 Å². The lowest BCUT2D eigenvalue weighted by atomic mass is 9.84. The molecule has 0 spiro atoms. The summed E-state index contributed by atoms with van der Waals surface area (Å²) in [5.41, 5.74) is 31.2. The van der Waals surface area contributed by atoms with Crippen LogP contribution in [0.2, 0.25) is 0 Å². The molecule has 3 heterocycles. The predicted octanol–water partition coefficient (Wildman–Crippen LogP) is -7.15. The lowest BCUT2D eigenvalue weighted by Crippen LogP contribution is -2.68. The number of aliphatic hydroxyl groups is 8. The summed E-state index contributed by atoms with van der Waals surface area (Å²) in [6, 6.07) is 4.15. The Bertz CT molecular complexity index is 1200. The third-order valence-electron chi connectivity index (χ3n) is 9.63. The lowest BCUT2D eigenvalue weighted by Gasteiger charge is -2.47. The molecular weight excluding hydrogens is 670 g/mol. The smallest absolute Gasteiger partial charge is 0.187 e. The Morgan fingerprint density at radius 3 is 1.82 bits per heavy atom. The average Bonchev–Trinajstić information content (AvgIpc) is 3.44. The Kier molecular flexibility index (Phi) is 13.5. The fraction of sp³-hybridized carbons (Fsp3) is 0.800. The van der Waals surface area contributed by atoms with E-state index in [1.807, 2.05) is 0 Å². The van der Waals surface area contributed by atoms with Crippen molar-refractivity contribution in [2.75, 3.05) is 19.8 Å². The zero-order valence-electron chi connectivity index (χ0n) is 27.1. The van der Waals surface area contributed by atoms with E-state index in [1.54, 1.807) is 30.3 Å². The first kappa shape index (κ1) is 39.6. The van der Waals surface area contributed by atoms with Crippen molar-refractivity contribution in [3.8, 4) is 0 Å². The molecule has 3 aliphatic heterocycles. The Labute approximate surface area is 287 Å². The number of benzene rings is 1. The second-order valence-electron chi connectivity index (χ2n) is 13.1. The quantitative estimate of drug-likeness (QED) is 0.0953. The minimum absolute atomic E-state index is 0.0489. The molecule has 20 nitrogen and oxygen atoms in total. The van der Waals surface area contributed by atoms with Gasteiger partial charge in [-0.3, -0.25) is 0 Å². The van der Waals surface area contributed by atoms with Crippen LogP contribution in [0.25, 0.3) is 0 Å². The van der Waals surface area contributed by atoms with E-state index in [0.29, 0.717) is 5.56 Å². The molecule has 0 bridgehead atoms. The van der Waals surface area contributed by atoms with Gasteiger partial charge in [0.15, 0.2) is 18.9 Å².